The van der Waals surface area contributed by atoms with Crippen LogP contribution in [-0.4, -0.2) is 18.3 Å². The first-order chi connectivity index (χ1) is 8.51. The maximum Gasteiger partial charge on any atom is 0.461 e. The van der Waals surface area contributed by atoms with Gasteiger partial charge in [0.1, 0.15) is 0 Å². The summed E-state index contributed by atoms with van der Waals surface area (Å²) in [5.41, 5.74) is 0.417. The van der Waals surface area contributed by atoms with Crippen LogP contribution < -0.4 is 0 Å². The number of hydrogen-bond acceptors (Lipinski definition) is 2. The minimum atomic E-state index is -0.194. The van der Waals surface area contributed by atoms with Crippen molar-refractivity contribution in [1.82, 2.24) is 0 Å². The van der Waals surface area contributed by atoms with Crippen LogP contribution in [0.4, 0.5) is 0 Å². The zero-order valence-corrected chi connectivity index (χ0v) is 13.7. The van der Waals surface area contributed by atoms with Crippen molar-refractivity contribution in [3.8, 4) is 0 Å². The van der Waals surface area contributed by atoms with Crippen LogP contribution in [0.3, 0.4) is 0 Å². The summed E-state index contributed by atoms with van der Waals surface area (Å²) in [5, 5.41) is 0. The lowest BCUT2D eigenvalue weighted by Gasteiger charge is -2.40. The Morgan fingerprint density at radius 3 is 1.79 bits per heavy atom. The van der Waals surface area contributed by atoms with Gasteiger partial charge in [-0.2, -0.15) is 0 Å². The second kappa shape index (κ2) is 3.60. The molecule has 0 spiro atoms. The Bertz CT molecular complexity index is 386. The van der Waals surface area contributed by atoms with Gasteiger partial charge in [0.25, 0.3) is 0 Å². The van der Waals surface area contributed by atoms with E-state index in [-0.39, 0.29) is 18.3 Å². The summed E-state index contributed by atoms with van der Waals surface area (Å²) in [6.07, 6.45) is 4.00. The average molecular weight is 264 g/mol. The first kappa shape index (κ1) is 13.9. The molecule has 108 valence electrons. The molecule has 19 heavy (non-hydrogen) atoms. The highest BCUT2D eigenvalue weighted by Gasteiger charge is 2.67. The van der Waals surface area contributed by atoms with E-state index in [2.05, 4.69) is 48.5 Å². The zero-order chi connectivity index (χ0) is 14.3. The summed E-state index contributed by atoms with van der Waals surface area (Å²) in [6, 6.07) is 0. The summed E-state index contributed by atoms with van der Waals surface area (Å²) in [5.74, 6) is 1.41. The maximum absolute atomic E-state index is 6.34. The van der Waals surface area contributed by atoms with E-state index in [1.54, 1.807) is 0 Å². The highest BCUT2D eigenvalue weighted by molar-refractivity contribution is 6.48. The minimum absolute atomic E-state index is 0.0143. The van der Waals surface area contributed by atoms with Gasteiger partial charge in [-0.3, -0.25) is 0 Å². The molecule has 2 nitrogen and oxygen atoms in total. The van der Waals surface area contributed by atoms with Gasteiger partial charge in [0.2, 0.25) is 0 Å². The smallest absolute Gasteiger partial charge is 0.403 e. The van der Waals surface area contributed by atoms with Crippen molar-refractivity contribution in [3.63, 3.8) is 0 Å². The van der Waals surface area contributed by atoms with Crippen LogP contribution in [0.1, 0.15) is 67.7 Å². The standard InChI is InChI=1S/C16H29BO2/c1-13(2)11-8-9-16(13,7)12(10-11)17-18-14(3,4)15(5,6)19-17/h11-12H,8-10H2,1-7H3/t11-,12+,16+/m0/s1. The Hall–Kier alpha value is -0.0151. The van der Waals surface area contributed by atoms with E-state index in [0.717, 1.165) is 5.92 Å². The topological polar surface area (TPSA) is 18.5 Å². The van der Waals surface area contributed by atoms with Crippen LogP contribution in [-0.2, 0) is 9.31 Å². The molecule has 0 N–H and O–H groups in total. The predicted octanol–water partition coefficient (Wildman–Crippen LogP) is 4.30. The quantitative estimate of drug-likeness (QED) is 0.657. The van der Waals surface area contributed by atoms with Gasteiger partial charge in [0.05, 0.1) is 11.2 Å². The molecule has 0 unspecified atom stereocenters. The molecule has 1 aliphatic heterocycles. The van der Waals surface area contributed by atoms with Crippen LogP contribution in [0.15, 0.2) is 0 Å². The van der Waals surface area contributed by atoms with E-state index < -0.39 is 0 Å². The lowest BCUT2D eigenvalue weighted by molar-refractivity contribution is 0.00578. The van der Waals surface area contributed by atoms with Crippen LogP contribution in [0.25, 0.3) is 0 Å². The lowest BCUT2D eigenvalue weighted by Crippen LogP contribution is -2.41. The molecule has 3 aliphatic rings. The van der Waals surface area contributed by atoms with Crippen LogP contribution >= 0.6 is 0 Å². The number of fused-ring (bicyclic) bond motifs is 2. The zero-order valence-electron chi connectivity index (χ0n) is 13.7. The van der Waals surface area contributed by atoms with Gasteiger partial charge in [-0.1, -0.05) is 20.8 Å². The summed E-state index contributed by atoms with van der Waals surface area (Å²) < 4.78 is 12.7. The molecule has 3 atom stereocenters. The Kier molecular flexibility index (Phi) is 2.64. The monoisotopic (exact) mass is 264 g/mol. The number of rotatable bonds is 1. The van der Waals surface area contributed by atoms with E-state index in [0.29, 0.717) is 16.6 Å². The van der Waals surface area contributed by atoms with E-state index in [9.17, 15) is 0 Å². The Morgan fingerprint density at radius 2 is 1.42 bits per heavy atom. The van der Waals surface area contributed by atoms with Crippen molar-refractivity contribution >= 4 is 7.12 Å². The summed E-state index contributed by atoms with van der Waals surface area (Å²) in [7, 11) is -0.0143. The molecule has 0 aromatic rings. The maximum atomic E-state index is 6.34. The van der Waals surface area contributed by atoms with Crippen molar-refractivity contribution < 1.29 is 9.31 Å². The normalized spacial score (nSPS) is 45.9. The fraction of sp³-hybridized carbons (Fsp3) is 1.00. The molecule has 2 saturated carbocycles. The van der Waals surface area contributed by atoms with E-state index in [1.807, 2.05) is 0 Å². The van der Waals surface area contributed by atoms with Crippen molar-refractivity contribution in [1.29, 1.82) is 0 Å². The first-order valence-corrected chi connectivity index (χ1v) is 7.87. The number of hydrogen-bond donors (Lipinski definition) is 0. The molecular weight excluding hydrogens is 235 g/mol. The summed E-state index contributed by atoms with van der Waals surface area (Å²) in [4.78, 5) is 0. The minimum Gasteiger partial charge on any atom is -0.403 e. The molecule has 0 amide bonds. The van der Waals surface area contributed by atoms with Gasteiger partial charge in [-0.25, -0.2) is 0 Å². The Labute approximate surface area is 118 Å². The van der Waals surface area contributed by atoms with Crippen molar-refractivity contribution in [3.05, 3.63) is 0 Å². The van der Waals surface area contributed by atoms with Crippen LogP contribution in [0, 0.1) is 16.7 Å². The van der Waals surface area contributed by atoms with E-state index in [1.165, 1.54) is 19.3 Å². The first-order valence-electron chi connectivity index (χ1n) is 7.87. The SMILES string of the molecule is CC1(C)OB([C@@H]2C[C@@H]3CC[C@@]2(C)C3(C)C)OC1(C)C. The van der Waals surface area contributed by atoms with Crippen LogP contribution in [0.2, 0.25) is 5.82 Å². The largest absolute Gasteiger partial charge is 0.461 e. The molecule has 3 heteroatoms. The van der Waals surface area contributed by atoms with Crippen molar-refractivity contribution in [2.75, 3.05) is 0 Å². The molecule has 1 saturated heterocycles. The van der Waals surface area contributed by atoms with Gasteiger partial charge in [0, 0.05) is 5.82 Å². The van der Waals surface area contributed by atoms with Gasteiger partial charge in [-0.05, 0) is 63.7 Å². The third-order valence-corrected chi connectivity index (χ3v) is 7.46. The fourth-order valence-corrected chi connectivity index (χ4v) is 4.73. The Morgan fingerprint density at radius 1 is 0.895 bits per heavy atom. The van der Waals surface area contributed by atoms with Gasteiger partial charge in [0.15, 0.2) is 0 Å². The van der Waals surface area contributed by atoms with E-state index in [4.69, 9.17) is 9.31 Å². The molecule has 2 bridgehead atoms. The molecule has 3 rings (SSSR count). The molecule has 0 aromatic carbocycles. The third-order valence-electron chi connectivity index (χ3n) is 7.46. The highest BCUT2D eigenvalue weighted by atomic mass is 16.7. The molecular formula is C16H29BO2. The molecule has 3 fully saturated rings. The van der Waals surface area contributed by atoms with Crippen LogP contribution in [0.5, 0.6) is 0 Å². The van der Waals surface area contributed by atoms with Crippen molar-refractivity contribution in [2.45, 2.75) is 84.7 Å². The van der Waals surface area contributed by atoms with E-state index >= 15 is 0 Å². The fourth-order valence-electron chi connectivity index (χ4n) is 4.73. The Balaban J connectivity index is 1.87. The summed E-state index contributed by atoms with van der Waals surface area (Å²) in [6.45, 7) is 16.0. The second-order valence-electron chi connectivity index (χ2n) is 8.84. The molecule has 1 heterocycles. The van der Waals surface area contributed by atoms with Gasteiger partial charge < -0.3 is 9.31 Å². The highest BCUT2D eigenvalue weighted by Crippen LogP contribution is 2.72. The second-order valence-corrected chi connectivity index (χ2v) is 8.84. The average Bonchev–Trinajstić information content (AvgIpc) is 2.68. The molecule has 2 aliphatic carbocycles. The van der Waals surface area contributed by atoms with Gasteiger partial charge >= 0.3 is 7.12 Å². The predicted molar refractivity (Wildman–Crippen MR) is 79.1 cm³/mol. The molecule has 0 aromatic heterocycles. The lowest BCUT2D eigenvalue weighted by atomic mass is 9.54. The van der Waals surface area contributed by atoms with Crippen molar-refractivity contribution in [2.24, 2.45) is 16.7 Å². The molecule has 0 radical (unpaired) electrons. The summed E-state index contributed by atoms with van der Waals surface area (Å²) >= 11 is 0. The third kappa shape index (κ3) is 1.58. The van der Waals surface area contributed by atoms with Gasteiger partial charge in [-0.15, -0.1) is 0 Å².